The van der Waals surface area contributed by atoms with Crippen molar-refractivity contribution in [1.29, 1.82) is 0 Å². The topological polar surface area (TPSA) is 63.8 Å². The predicted octanol–water partition coefficient (Wildman–Crippen LogP) is 2.79. The van der Waals surface area contributed by atoms with Gasteiger partial charge in [0.05, 0.1) is 0 Å². The summed E-state index contributed by atoms with van der Waals surface area (Å²) in [6, 6.07) is 10.6. The van der Waals surface area contributed by atoms with Crippen molar-refractivity contribution >= 4 is 11.8 Å². The first-order chi connectivity index (χ1) is 8.69. The Morgan fingerprint density at radius 2 is 1.94 bits per heavy atom. The number of nitrogens with one attached hydrogen (secondary N) is 1. The molecule has 1 aromatic carbocycles. The second-order valence-corrected chi connectivity index (χ2v) is 4.26. The molecule has 0 aliphatic heterocycles. The van der Waals surface area contributed by atoms with Gasteiger partial charge in [0.15, 0.2) is 0 Å². The van der Waals surface area contributed by atoms with E-state index in [4.69, 9.17) is 5.73 Å². The molecule has 0 spiro atoms. The predicted molar refractivity (Wildman–Crippen MR) is 74.3 cm³/mol. The van der Waals surface area contributed by atoms with Crippen LogP contribution in [-0.4, -0.2) is 9.97 Å². The zero-order valence-corrected chi connectivity index (χ0v) is 10.7. The Kier molecular flexibility index (Phi) is 3.77. The van der Waals surface area contributed by atoms with Crippen LogP contribution in [0.5, 0.6) is 0 Å². The fraction of sp³-hybridized carbons (Fsp3) is 0.286. The van der Waals surface area contributed by atoms with Crippen molar-refractivity contribution in [3.05, 3.63) is 47.7 Å². The van der Waals surface area contributed by atoms with E-state index < -0.39 is 0 Å². The van der Waals surface area contributed by atoms with Crippen LogP contribution in [0.1, 0.15) is 31.0 Å². The van der Waals surface area contributed by atoms with Crippen molar-refractivity contribution in [2.75, 3.05) is 11.1 Å². The quantitative estimate of drug-likeness (QED) is 0.865. The number of aromatic nitrogens is 2. The van der Waals surface area contributed by atoms with Gasteiger partial charge in [0.2, 0.25) is 5.95 Å². The van der Waals surface area contributed by atoms with E-state index in [2.05, 4.69) is 53.4 Å². The summed E-state index contributed by atoms with van der Waals surface area (Å²) in [4.78, 5) is 8.00. The van der Waals surface area contributed by atoms with E-state index in [0.717, 1.165) is 12.2 Å². The van der Waals surface area contributed by atoms with Gasteiger partial charge in [-0.25, -0.2) is 4.98 Å². The normalized spacial score (nSPS) is 12.1. The van der Waals surface area contributed by atoms with E-state index in [1.165, 1.54) is 11.1 Å². The van der Waals surface area contributed by atoms with Crippen LogP contribution in [0.25, 0.3) is 0 Å². The number of aryl methyl sites for hydroxylation is 1. The second kappa shape index (κ2) is 5.49. The molecule has 0 saturated heterocycles. The van der Waals surface area contributed by atoms with Gasteiger partial charge in [-0.2, -0.15) is 4.98 Å². The molecule has 18 heavy (non-hydrogen) atoms. The summed E-state index contributed by atoms with van der Waals surface area (Å²) in [6.07, 6.45) is 2.71. The number of nitrogen functional groups attached to an aromatic ring is 1. The molecule has 1 unspecified atom stereocenters. The Hall–Kier alpha value is -2.10. The summed E-state index contributed by atoms with van der Waals surface area (Å²) in [5, 5.41) is 3.31. The molecule has 3 N–H and O–H groups in total. The molecule has 0 bridgehead atoms. The average Bonchev–Trinajstić information content (AvgIpc) is 2.39. The van der Waals surface area contributed by atoms with Crippen LogP contribution < -0.4 is 11.1 Å². The summed E-state index contributed by atoms with van der Waals surface area (Å²) in [7, 11) is 0. The standard InChI is InChI=1S/C14H18N4/c1-3-11-4-6-12(7-5-11)10(2)17-13-8-9-16-14(15)18-13/h4-10H,3H2,1-2H3,(H3,15,16,17,18). The highest BCUT2D eigenvalue weighted by Crippen LogP contribution is 2.18. The van der Waals surface area contributed by atoms with Crippen LogP contribution in [0.2, 0.25) is 0 Å². The molecule has 0 fully saturated rings. The van der Waals surface area contributed by atoms with Gasteiger partial charge in [0.1, 0.15) is 5.82 Å². The smallest absolute Gasteiger partial charge is 0.221 e. The molecule has 4 nitrogen and oxygen atoms in total. The molecule has 94 valence electrons. The van der Waals surface area contributed by atoms with E-state index in [1.54, 1.807) is 6.20 Å². The Morgan fingerprint density at radius 1 is 1.22 bits per heavy atom. The molecular weight excluding hydrogens is 224 g/mol. The first-order valence-corrected chi connectivity index (χ1v) is 6.13. The molecule has 0 aliphatic rings. The van der Waals surface area contributed by atoms with Crippen LogP contribution in [0.3, 0.4) is 0 Å². The van der Waals surface area contributed by atoms with E-state index in [9.17, 15) is 0 Å². The van der Waals surface area contributed by atoms with Gasteiger partial charge in [-0.15, -0.1) is 0 Å². The van der Waals surface area contributed by atoms with Crippen molar-refractivity contribution in [2.24, 2.45) is 0 Å². The molecule has 1 atom stereocenters. The number of benzene rings is 1. The molecule has 0 aliphatic carbocycles. The highest BCUT2D eigenvalue weighted by Gasteiger charge is 2.06. The van der Waals surface area contributed by atoms with Gasteiger partial charge in [-0.3, -0.25) is 0 Å². The van der Waals surface area contributed by atoms with E-state index in [0.29, 0.717) is 0 Å². The minimum absolute atomic E-state index is 0.185. The summed E-state index contributed by atoms with van der Waals surface area (Å²) >= 11 is 0. The van der Waals surface area contributed by atoms with Crippen molar-refractivity contribution in [2.45, 2.75) is 26.3 Å². The highest BCUT2D eigenvalue weighted by molar-refractivity contribution is 5.40. The third-order valence-electron chi connectivity index (χ3n) is 2.93. The van der Waals surface area contributed by atoms with Gasteiger partial charge >= 0.3 is 0 Å². The maximum Gasteiger partial charge on any atom is 0.221 e. The summed E-state index contributed by atoms with van der Waals surface area (Å²) in [6.45, 7) is 4.25. The molecule has 1 heterocycles. The third-order valence-corrected chi connectivity index (χ3v) is 2.93. The van der Waals surface area contributed by atoms with Crippen molar-refractivity contribution in [3.63, 3.8) is 0 Å². The van der Waals surface area contributed by atoms with Crippen LogP contribution in [0.4, 0.5) is 11.8 Å². The van der Waals surface area contributed by atoms with Crippen LogP contribution >= 0.6 is 0 Å². The van der Waals surface area contributed by atoms with Gasteiger partial charge in [-0.05, 0) is 30.5 Å². The monoisotopic (exact) mass is 242 g/mol. The summed E-state index contributed by atoms with van der Waals surface area (Å²) in [5.41, 5.74) is 8.12. The van der Waals surface area contributed by atoms with E-state index in [1.807, 2.05) is 6.07 Å². The summed E-state index contributed by atoms with van der Waals surface area (Å²) in [5.74, 6) is 1.03. The second-order valence-electron chi connectivity index (χ2n) is 4.26. The highest BCUT2D eigenvalue weighted by atomic mass is 15.1. The molecule has 2 rings (SSSR count). The lowest BCUT2D eigenvalue weighted by molar-refractivity contribution is 0.871. The number of hydrogen-bond acceptors (Lipinski definition) is 4. The van der Waals surface area contributed by atoms with E-state index in [-0.39, 0.29) is 12.0 Å². The largest absolute Gasteiger partial charge is 0.368 e. The van der Waals surface area contributed by atoms with Crippen LogP contribution in [0, 0.1) is 0 Å². The Bertz CT molecular complexity index is 507. The van der Waals surface area contributed by atoms with Gasteiger partial charge < -0.3 is 11.1 Å². The van der Waals surface area contributed by atoms with Gasteiger partial charge in [-0.1, -0.05) is 31.2 Å². The van der Waals surface area contributed by atoms with Crippen LogP contribution in [-0.2, 0) is 6.42 Å². The molecule has 2 aromatic rings. The number of nitrogens with zero attached hydrogens (tertiary/aromatic N) is 2. The summed E-state index contributed by atoms with van der Waals surface area (Å²) < 4.78 is 0. The zero-order chi connectivity index (χ0) is 13.0. The maximum atomic E-state index is 5.55. The Balaban J connectivity index is 2.09. The molecule has 0 saturated carbocycles. The lowest BCUT2D eigenvalue weighted by Gasteiger charge is -2.15. The molecule has 0 radical (unpaired) electrons. The van der Waals surface area contributed by atoms with Gasteiger partial charge in [0.25, 0.3) is 0 Å². The van der Waals surface area contributed by atoms with Gasteiger partial charge in [0, 0.05) is 12.2 Å². The van der Waals surface area contributed by atoms with Crippen molar-refractivity contribution in [3.8, 4) is 0 Å². The minimum atomic E-state index is 0.185. The lowest BCUT2D eigenvalue weighted by Crippen LogP contribution is -2.09. The molecular formula is C14H18N4. The first-order valence-electron chi connectivity index (χ1n) is 6.13. The van der Waals surface area contributed by atoms with Crippen molar-refractivity contribution in [1.82, 2.24) is 9.97 Å². The van der Waals surface area contributed by atoms with Crippen LogP contribution in [0.15, 0.2) is 36.5 Å². The lowest BCUT2D eigenvalue weighted by atomic mass is 10.1. The number of rotatable bonds is 4. The first kappa shape index (κ1) is 12.4. The fourth-order valence-corrected chi connectivity index (χ4v) is 1.80. The number of nitrogens with two attached hydrogens (primary N) is 1. The maximum absolute atomic E-state index is 5.55. The Labute approximate surface area is 107 Å². The van der Waals surface area contributed by atoms with E-state index >= 15 is 0 Å². The minimum Gasteiger partial charge on any atom is -0.368 e. The number of hydrogen-bond donors (Lipinski definition) is 2. The van der Waals surface area contributed by atoms with Crippen molar-refractivity contribution < 1.29 is 0 Å². The third kappa shape index (κ3) is 2.97. The molecule has 0 amide bonds. The SMILES string of the molecule is CCc1ccc(C(C)Nc2ccnc(N)n2)cc1. The molecule has 4 heteroatoms. The average molecular weight is 242 g/mol. The fourth-order valence-electron chi connectivity index (χ4n) is 1.80. The molecule has 1 aromatic heterocycles. The Morgan fingerprint density at radius 3 is 2.56 bits per heavy atom. The number of anilines is 2. The zero-order valence-electron chi connectivity index (χ0n) is 10.7.